The quantitative estimate of drug-likeness (QED) is 0.170. The first-order chi connectivity index (χ1) is 27.7. The van der Waals surface area contributed by atoms with Gasteiger partial charge in [-0.05, 0) is 63.4 Å². The lowest BCUT2D eigenvalue weighted by Crippen LogP contribution is -2.00. The Balaban J connectivity index is 1.13. The van der Waals surface area contributed by atoms with Crippen molar-refractivity contribution in [3.8, 4) is 67.9 Å². The van der Waals surface area contributed by atoms with Gasteiger partial charge in [0.1, 0.15) is 16.7 Å². The average molecular weight is 719 g/mol. The number of rotatable bonds is 6. The van der Waals surface area contributed by atoms with Crippen LogP contribution in [0.15, 0.2) is 191 Å². The van der Waals surface area contributed by atoms with Crippen molar-refractivity contribution in [1.29, 1.82) is 0 Å². The first-order valence-electron chi connectivity index (χ1n) is 18.5. The maximum Gasteiger partial charge on any atom is 0.227 e. The van der Waals surface area contributed by atoms with E-state index in [1.165, 1.54) is 0 Å². The van der Waals surface area contributed by atoms with Gasteiger partial charge >= 0.3 is 0 Å². The highest BCUT2D eigenvalue weighted by Crippen LogP contribution is 2.44. The fourth-order valence-corrected chi connectivity index (χ4v) is 7.60. The van der Waals surface area contributed by atoms with Gasteiger partial charge in [0.15, 0.2) is 23.1 Å². The van der Waals surface area contributed by atoms with Crippen LogP contribution in [0, 0.1) is 0 Å². The van der Waals surface area contributed by atoms with Gasteiger partial charge in [-0.2, -0.15) is 0 Å². The highest BCUT2D eigenvalue weighted by Gasteiger charge is 2.23. The van der Waals surface area contributed by atoms with Crippen molar-refractivity contribution in [3.05, 3.63) is 182 Å². The Morgan fingerprint density at radius 3 is 1.45 bits per heavy atom. The van der Waals surface area contributed by atoms with Crippen molar-refractivity contribution >= 4 is 43.8 Å². The van der Waals surface area contributed by atoms with Gasteiger partial charge in [0.05, 0.1) is 10.9 Å². The van der Waals surface area contributed by atoms with Crippen LogP contribution in [-0.2, 0) is 0 Å². The maximum atomic E-state index is 6.80. The Bertz CT molecular complexity index is 3110. The summed E-state index contributed by atoms with van der Waals surface area (Å²) in [6, 6.07) is 61.8. The number of fused-ring (bicyclic) bond motifs is 7. The molecule has 0 amide bonds. The zero-order chi connectivity index (χ0) is 37.0. The van der Waals surface area contributed by atoms with Crippen LogP contribution >= 0.6 is 0 Å². The third-order valence-electron chi connectivity index (χ3n) is 10.4. The summed E-state index contributed by atoms with van der Waals surface area (Å²) in [4.78, 5) is 20.3. The van der Waals surface area contributed by atoms with Crippen molar-refractivity contribution in [1.82, 2.24) is 19.9 Å². The minimum absolute atomic E-state index is 0.512. The van der Waals surface area contributed by atoms with E-state index >= 15 is 0 Å². The molecular weight excluding hydrogens is 689 g/mol. The van der Waals surface area contributed by atoms with E-state index in [0.717, 1.165) is 71.6 Å². The van der Waals surface area contributed by atoms with Gasteiger partial charge in [-0.25, -0.2) is 19.9 Å². The molecule has 0 fully saturated rings. The number of nitrogens with zero attached hydrogens (tertiary/aromatic N) is 4. The summed E-state index contributed by atoms with van der Waals surface area (Å²) in [6.07, 6.45) is 0. The van der Waals surface area contributed by atoms with Crippen LogP contribution in [0.1, 0.15) is 0 Å². The van der Waals surface area contributed by atoms with E-state index in [1.54, 1.807) is 0 Å². The topological polar surface area (TPSA) is 77.8 Å². The van der Waals surface area contributed by atoms with Crippen LogP contribution in [0.5, 0.6) is 0 Å². The maximum absolute atomic E-state index is 6.80. The van der Waals surface area contributed by atoms with Crippen molar-refractivity contribution < 1.29 is 8.83 Å². The predicted molar refractivity (Wildman–Crippen MR) is 225 cm³/mol. The first kappa shape index (κ1) is 31.8. The minimum atomic E-state index is 0.512. The lowest BCUT2D eigenvalue weighted by atomic mass is 9.99. The van der Waals surface area contributed by atoms with E-state index in [2.05, 4.69) is 115 Å². The van der Waals surface area contributed by atoms with E-state index in [-0.39, 0.29) is 0 Å². The Hall–Kier alpha value is -7.70. The Morgan fingerprint density at radius 2 is 0.839 bits per heavy atom. The Labute approximate surface area is 321 Å². The van der Waals surface area contributed by atoms with Crippen molar-refractivity contribution in [2.24, 2.45) is 0 Å². The van der Waals surface area contributed by atoms with Crippen LogP contribution in [-0.4, -0.2) is 19.9 Å². The molecule has 11 aromatic rings. The minimum Gasteiger partial charge on any atom is -0.455 e. The molecule has 6 nitrogen and oxygen atoms in total. The molecule has 0 atom stereocenters. The number of hydrogen-bond donors (Lipinski definition) is 0. The van der Waals surface area contributed by atoms with E-state index in [0.29, 0.717) is 40.1 Å². The van der Waals surface area contributed by atoms with Crippen LogP contribution in [0.3, 0.4) is 0 Å². The molecule has 0 N–H and O–H groups in total. The zero-order valence-corrected chi connectivity index (χ0v) is 29.9. The van der Waals surface area contributed by atoms with Gasteiger partial charge in [-0.3, -0.25) is 0 Å². The lowest BCUT2D eigenvalue weighted by molar-refractivity contribution is 0.622. The second-order valence-corrected chi connectivity index (χ2v) is 13.8. The molecule has 0 aliphatic rings. The number of hydrogen-bond acceptors (Lipinski definition) is 6. The number of oxazole rings is 1. The summed E-state index contributed by atoms with van der Waals surface area (Å²) in [6.45, 7) is 0. The summed E-state index contributed by atoms with van der Waals surface area (Å²) in [7, 11) is 0. The number of aromatic nitrogens is 4. The standard InChI is InChI=1S/C50H30N4O2/c1-4-12-31(13-5-1)33-20-24-35(25-21-33)47-52-48(36-26-22-34(23-27-36)32-14-6-2-7-15-32)54-49(53-47)40-30-38-18-10-11-19-39(38)43-44-42(55-45(40)43)29-28-41-46(44)56-50(51-41)37-16-8-3-9-17-37/h1-30H. The predicted octanol–water partition coefficient (Wildman–Crippen LogP) is 13.1. The fraction of sp³-hybridized carbons (Fsp3) is 0. The van der Waals surface area contributed by atoms with E-state index in [1.807, 2.05) is 66.7 Å². The van der Waals surface area contributed by atoms with Gasteiger partial charge in [0.25, 0.3) is 0 Å². The molecule has 0 aliphatic carbocycles. The van der Waals surface area contributed by atoms with E-state index in [9.17, 15) is 0 Å². The van der Waals surface area contributed by atoms with Crippen LogP contribution < -0.4 is 0 Å². The highest BCUT2D eigenvalue weighted by atomic mass is 16.4. The highest BCUT2D eigenvalue weighted by molar-refractivity contribution is 6.27. The third-order valence-corrected chi connectivity index (χ3v) is 10.4. The molecule has 0 saturated carbocycles. The van der Waals surface area contributed by atoms with Gasteiger partial charge in [-0.1, -0.05) is 152 Å². The largest absolute Gasteiger partial charge is 0.455 e. The zero-order valence-electron chi connectivity index (χ0n) is 29.9. The monoisotopic (exact) mass is 718 g/mol. The van der Waals surface area contributed by atoms with Crippen LogP contribution in [0.25, 0.3) is 112 Å². The molecule has 0 bridgehead atoms. The molecule has 11 rings (SSSR count). The van der Waals surface area contributed by atoms with Gasteiger partial charge in [0, 0.05) is 22.1 Å². The Kier molecular flexibility index (Phi) is 7.38. The first-order valence-corrected chi connectivity index (χ1v) is 18.5. The molecule has 3 aromatic heterocycles. The summed E-state index contributed by atoms with van der Waals surface area (Å²) in [5.41, 5.74) is 10.8. The summed E-state index contributed by atoms with van der Waals surface area (Å²) in [5.74, 6) is 2.21. The SMILES string of the molecule is c1ccc(-c2ccc(-c3nc(-c4ccc(-c5ccccc5)cc4)nc(-c4cc5ccccc5c5c4oc4ccc6nc(-c7ccccc7)oc6c45)n3)cc2)cc1. The molecule has 0 unspecified atom stereocenters. The average Bonchev–Trinajstić information content (AvgIpc) is 3.90. The second kappa shape index (κ2) is 13.0. The molecule has 0 aliphatic heterocycles. The van der Waals surface area contributed by atoms with Crippen LogP contribution in [0.2, 0.25) is 0 Å². The van der Waals surface area contributed by atoms with E-state index < -0.39 is 0 Å². The molecular formula is C50H30N4O2. The molecule has 0 radical (unpaired) electrons. The lowest BCUT2D eigenvalue weighted by Gasteiger charge is -2.11. The molecule has 0 spiro atoms. The summed E-state index contributed by atoms with van der Waals surface area (Å²) >= 11 is 0. The number of benzene rings is 8. The second-order valence-electron chi connectivity index (χ2n) is 13.8. The number of furan rings is 1. The summed E-state index contributed by atoms with van der Waals surface area (Å²) in [5, 5.41) is 3.86. The van der Waals surface area contributed by atoms with Crippen LogP contribution in [0.4, 0.5) is 0 Å². The van der Waals surface area contributed by atoms with Crippen molar-refractivity contribution in [3.63, 3.8) is 0 Å². The van der Waals surface area contributed by atoms with Gasteiger partial charge < -0.3 is 8.83 Å². The molecule has 6 heteroatoms. The normalized spacial score (nSPS) is 11.6. The summed E-state index contributed by atoms with van der Waals surface area (Å²) < 4.78 is 13.4. The van der Waals surface area contributed by atoms with Crippen molar-refractivity contribution in [2.75, 3.05) is 0 Å². The molecule has 56 heavy (non-hydrogen) atoms. The molecule has 262 valence electrons. The van der Waals surface area contributed by atoms with Gasteiger partial charge in [0.2, 0.25) is 5.89 Å². The Morgan fingerprint density at radius 1 is 0.339 bits per heavy atom. The molecule has 0 saturated heterocycles. The molecule has 3 heterocycles. The molecule has 8 aromatic carbocycles. The third kappa shape index (κ3) is 5.43. The van der Waals surface area contributed by atoms with Gasteiger partial charge in [-0.15, -0.1) is 0 Å². The smallest absolute Gasteiger partial charge is 0.227 e. The fourth-order valence-electron chi connectivity index (χ4n) is 7.60. The van der Waals surface area contributed by atoms with E-state index in [4.69, 9.17) is 28.8 Å². The van der Waals surface area contributed by atoms with Crippen molar-refractivity contribution in [2.45, 2.75) is 0 Å².